The van der Waals surface area contributed by atoms with Crippen molar-refractivity contribution in [3.63, 3.8) is 0 Å². The number of hydrogen-bond donors (Lipinski definition) is 2. The summed E-state index contributed by atoms with van der Waals surface area (Å²) in [7, 11) is 1.56. The third kappa shape index (κ3) is 12.5. The minimum atomic E-state index is -1.39. The van der Waals surface area contributed by atoms with E-state index in [1.807, 2.05) is 23.1 Å². The first kappa shape index (κ1) is 49.9. The molecule has 1 amide bonds. The first-order valence-corrected chi connectivity index (χ1v) is 24.6. The number of carbonyl (C=O) groups excluding carboxylic acids is 1. The molecular formula is C55H75FN2O7. The smallest absolute Gasteiger partial charge is 0.239 e. The van der Waals surface area contributed by atoms with Crippen LogP contribution in [0.3, 0.4) is 0 Å². The molecule has 1 fully saturated rings. The molecule has 3 aliphatic rings. The lowest BCUT2D eigenvalue weighted by molar-refractivity contribution is -0.258. The van der Waals surface area contributed by atoms with Crippen molar-refractivity contribution in [3.05, 3.63) is 113 Å². The van der Waals surface area contributed by atoms with Crippen molar-refractivity contribution in [1.29, 1.82) is 0 Å². The summed E-state index contributed by atoms with van der Waals surface area (Å²) in [5, 5.41) is 24.7. The minimum Gasteiger partial charge on any atom is -0.459 e. The van der Waals surface area contributed by atoms with Gasteiger partial charge in [0.05, 0.1) is 18.2 Å². The van der Waals surface area contributed by atoms with Crippen LogP contribution in [0.1, 0.15) is 144 Å². The van der Waals surface area contributed by atoms with Crippen LogP contribution < -0.4 is 9.47 Å². The van der Waals surface area contributed by atoms with Crippen molar-refractivity contribution < 1.29 is 38.4 Å². The molecule has 3 aromatic rings. The number of halogens is 1. The van der Waals surface area contributed by atoms with Crippen molar-refractivity contribution in [3.8, 4) is 17.2 Å². The Balaban J connectivity index is 1.49. The van der Waals surface area contributed by atoms with Crippen LogP contribution in [-0.2, 0) is 20.9 Å². The Labute approximate surface area is 388 Å². The maximum atomic E-state index is 15.0. The Morgan fingerprint density at radius 3 is 2.23 bits per heavy atom. The van der Waals surface area contributed by atoms with Gasteiger partial charge in [-0.25, -0.2) is 4.39 Å². The fourth-order valence-electron chi connectivity index (χ4n) is 10.6. The number of unbranched alkanes of at least 4 members (excludes halogenated alkanes) is 10. The monoisotopic (exact) mass is 895 g/mol. The molecule has 9 nitrogen and oxygen atoms in total. The number of aliphatic hydroxyl groups is 2. The Morgan fingerprint density at radius 1 is 0.877 bits per heavy atom. The van der Waals surface area contributed by atoms with Crippen molar-refractivity contribution in [2.24, 2.45) is 22.9 Å². The molecule has 6 rings (SSSR count). The molecule has 0 unspecified atom stereocenters. The number of amides is 1. The van der Waals surface area contributed by atoms with E-state index in [1.165, 1.54) is 56.2 Å². The summed E-state index contributed by atoms with van der Waals surface area (Å²) < 4.78 is 35.6. The standard InChI is InChI=1S/C55H75FN2O7/c1-6-8-9-10-11-12-13-14-15-22-52(61)58(38-41-24-26-43(56)27-25-41)51-37-49(57-62-5)47-35-42(20-16-18-31-59)46(21-17-19-32-60)53-48-36-45(64-44-28-23-39(3)40(4)34-44)29-30-50(48)65-55(51,54(47)53)63-33-7-2/h7,23-30,34-36,42,46,51,53-54,59-60H,2,6,8-22,31-33,37-38H2,1,3-5H3/t42-,46+,51-,53+,54+,55+/m0/s1. The highest BCUT2D eigenvalue weighted by Crippen LogP contribution is 2.62. The zero-order valence-corrected chi connectivity index (χ0v) is 39.6. The highest BCUT2D eigenvalue weighted by atomic mass is 19.1. The number of benzene rings is 3. The lowest BCUT2D eigenvalue weighted by atomic mass is 9.55. The SMILES string of the molecule is C=CCO[C@@]12Oc3ccc(Oc4ccc(C)c(C)c4)cc3[C@H]3[C@H](CCCCO)[C@@H](CCCCO)C=C(C(=NOC)C[C@@H]1N(Cc1ccc(F)cc1)C(=O)CCCCCCCCCCC)[C@H]32. The molecule has 2 aliphatic carbocycles. The Morgan fingerprint density at radius 2 is 1.55 bits per heavy atom. The van der Waals surface area contributed by atoms with Crippen LogP contribution >= 0.6 is 0 Å². The number of oxime groups is 1. The molecule has 1 aliphatic heterocycles. The average molecular weight is 895 g/mol. The summed E-state index contributed by atoms with van der Waals surface area (Å²) in [6.45, 7) is 11.1. The van der Waals surface area contributed by atoms with Gasteiger partial charge in [0.2, 0.25) is 11.7 Å². The maximum absolute atomic E-state index is 15.0. The number of carbonyl (C=O) groups is 1. The molecule has 0 spiro atoms. The van der Waals surface area contributed by atoms with Crippen LogP contribution in [0.2, 0.25) is 0 Å². The van der Waals surface area contributed by atoms with Gasteiger partial charge in [0.25, 0.3) is 0 Å². The summed E-state index contributed by atoms with van der Waals surface area (Å²) in [6.07, 6.45) is 19.7. The Hall–Kier alpha value is -4.51. The highest BCUT2D eigenvalue weighted by molar-refractivity contribution is 6.03. The van der Waals surface area contributed by atoms with Gasteiger partial charge in [-0.05, 0) is 123 Å². The Kier molecular flexibility index (Phi) is 19.1. The highest BCUT2D eigenvalue weighted by Gasteiger charge is 2.65. The number of aryl methyl sites for hydroxylation is 2. The zero-order valence-electron chi connectivity index (χ0n) is 39.6. The number of aliphatic hydroxyl groups excluding tert-OH is 2. The van der Waals surface area contributed by atoms with E-state index in [4.69, 9.17) is 24.2 Å². The van der Waals surface area contributed by atoms with Gasteiger partial charge in [-0.2, -0.15) is 0 Å². The Bertz CT molecular complexity index is 2050. The van der Waals surface area contributed by atoms with Gasteiger partial charge in [-0.15, -0.1) is 6.58 Å². The zero-order chi connectivity index (χ0) is 46.2. The van der Waals surface area contributed by atoms with E-state index in [2.05, 4.69) is 51.6 Å². The summed E-state index contributed by atoms with van der Waals surface area (Å²) in [5.41, 5.74) is 5.83. The summed E-state index contributed by atoms with van der Waals surface area (Å²) in [5.74, 6) is -0.106. The predicted molar refractivity (Wildman–Crippen MR) is 257 cm³/mol. The number of fused-ring (bicyclic) bond motifs is 2. The number of ether oxygens (including phenoxy) is 3. The molecule has 2 N–H and O–H groups in total. The third-order valence-electron chi connectivity index (χ3n) is 14.0. The molecule has 0 radical (unpaired) electrons. The van der Waals surface area contributed by atoms with Crippen molar-refractivity contribution >= 4 is 11.6 Å². The van der Waals surface area contributed by atoms with Gasteiger partial charge in [-0.1, -0.05) is 107 Å². The fraction of sp³-hybridized carbons (Fsp3) is 0.564. The van der Waals surface area contributed by atoms with Crippen LogP contribution in [-0.4, -0.2) is 65.5 Å². The van der Waals surface area contributed by atoms with Gasteiger partial charge < -0.3 is 34.2 Å². The quantitative estimate of drug-likeness (QED) is 0.0445. The van der Waals surface area contributed by atoms with Crippen molar-refractivity contribution in [2.45, 2.75) is 154 Å². The van der Waals surface area contributed by atoms with Crippen molar-refractivity contribution in [2.75, 3.05) is 26.9 Å². The molecule has 0 bridgehead atoms. The predicted octanol–water partition coefficient (Wildman–Crippen LogP) is 12.4. The number of allylic oxidation sites excluding steroid dienone is 1. The normalized spacial score (nSPS) is 22.7. The molecule has 65 heavy (non-hydrogen) atoms. The molecule has 10 heteroatoms. The van der Waals surface area contributed by atoms with Gasteiger partial charge in [-0.3, -0.25) is 4.79 Å². The second-order valence-electron chi connectivity index (χ2n) is 18.5. The van der Waals surface area contributed by atoms with E-state index in [0.29, 0.717) is 37.2 Å². The van der Waals surface area contributed by atoms with E-state index in [1.54, 1.807) is 25.3 Å². The first-order valence-electron chi connectivity index (χ1n) is 24.6. The van der Waals surface area contributed by atoms with Gasteiger partial charge in [0.1, 0.15) is 36.2 Å². The van der Waals surface area contributed by atoms with Gasteiger partial charge in [0.15, 0.2) is 0 Å². The number of nitrogens with zero attached hydrogens (tertiary/aromatic N) is 2. The van der Waals surface area contributed by atoms with Crippen LogP contribution in [0.5, 0.6) is 17.2 Å². The summed E-state index contributed by atoms with van der Waals surface area (Å²) in [6, 6.07) is 17.9. The van der Waals surface area contributed by atoms with E-state index in [0.717, 1.165) is 78.7 Å². The molecular weight excluding hydrogens is 820 g/mol. The van der Waals surface area contributed by atoms with Crippen LogP contribution in [0, 0.1) is 37.4 Å². The molecule has 1 heterocycles. The van der Waals surface area contributed by atoms with Crippen LogP contribution in [0.15, 0.2) is 90.1 Å². The minimum absolute atomic E-state index is 0.0201. The topological polar surface area (TPSA) is 110 Å². The second-order valence-corrected chi connectivity index (χ2v) is 18.5. The third-order valence-corrected chi connectivity index (χ3v) is 14.0. The molecule has 6 atom stereocenters. The largest absolute Gasteiger partial charge is 0.459 e. The maximum Gasteiger partial charge on any atom is 0.239 e. The molecule has 354 valence electrons. The van der Waals surface area contributed by atoms with E-state index in [-0.39, 0.29) is 55.8 Å². The van der Waals surface area contributed by atoms with Crippen LogP contribution in [0.25, 0.3) is 0 Å². The molecule has 0 saturated heterocycles. The fourth-order valence-corrected chi connectivity index (χ4v) is 10.6. The summed E-state index contributed by atoms with van der Waals surface area (Å²) in [4.78, 5) is 22.6. The van der Waals surface area contributed by atoms with Crippen molar-refractivity contribution in [1.82, 2.24) is 4.90 Å². The van der Waals surface area contributed by atoms with E-state index < -0.39 is 17.7 Å². The molecule has 0 aromatic heterocycles. The lowest BCUT2D eigenvalue weighted by Gasteiger charge is -2.60. The molecule has 3 aromatic carbocycles. The van der Waals surface area contributed by atoms with E-state index in [9.17, 15) is 14.6 Å². The van der Waals surface area contributed by atoms with Gasteiger partial charge in [0, 0.05) is 44.1 Å². The average Bonchev–Trinajstić information content (AvgIpc) is 3.30. The second kappa shape index (κ2) is 24.9. The van der Waals surface area contributed by atoms with Crippen LogP contribution in [0.4, 0.5) is 4.39 Å². The molecule has 1 saturated carbocycles. The van der Waals surface area contributed by atoms with Gasteiger partial charge >= 0.3 is 0 Å². The number of hydrogen-bond acceptors (Lipinski definition) is 8. The first-order chi connectivity index (χ1) is 31.7. The van der Waals surface area contributed by atoms with E-state index >= 15 is 4.79 Å². The number of rotatable bonds is 27. The summed E-state index contributed by atoms with van der Waals surface area (Å²) >= 11 is 0. The lowest BCUT2D eigenvalue weighted by Crippen LogP contribution is -2.70.